The molecular formula is C37H64N2O4. The lowest BCUT2D eigenvalue weighted by Crippen LogP contribution is -2.53. The van der Waals surface area contributed by atoms with Gasteiger partial charge in [-0.1, -0.05) is 73.0 Å². The van der Waals surface area contributed by atoms with Crippen molar-refractivity contribution >= 4 is 11.9 Å². The number of nitrogens with one attached hydrogen (secondary N) is 1. The summed E-state index contributed by atoms with van der Waals surface area (Å²) in [6, 6.07) is -1.32. The van der Waals surface area contributed by atoms with Gasteiger partial charge in [-0.3, -0.25) is 4.79 Å². The van der Waals surface area contributed by atoms with Crippen LogP contribution in [0.2, 0.25) is 0 Å². The standard InChI is InChI=1S/C37H64N2O4/c1-22(2)31(38)33(40)39-32(23(3)4)34(41)43-26-16-19-36(8)25(21-26)12-13-27-29-15-14-28(37(29,9)20-17-30(27)36)24(5)11-10-18-35(6,7)42/h12,22-24,26-32,42H,10-11,13-21,38H2,1-9H3,(H,39,40)/t24-,26+,27+,28-,29+,30+,31+,32-,36+,37-/m1/s1. The molecule has 10 atom stereocenters. The molecule has 6 nitrogen and oxygen atoms in total. The van der Waals surface area contributed by atoms with E-state index < -0.39 is 17.7 Å². The van der Waals surface area contributed by atoms with Crippen LogP contribution in [-0.4, -0.2) is 40.8 Å². The van der Waals surface area contributed by atoms with Crippen LogP contribution in [0.25, 0.3) is 0 Å². The van der Waals surface area contributed by atoms with E-state index >= 15 is 0 Å². The van der Waals surface area contributed by atoms with Gasteiger partial charge in [0.2, 0.25) is 5.91 Å². The lowest BCUT2D eigenvalue weighted by Gasteiger charge is -2.58. The highest BCUT2D eigenvalue weighted by Gasteiger charge is 2.59. The van der Waals surface area contributed by atoms with Crippen molar-refractivity contribution in [3.63, 3.8) is 0 Å². The number of aliphatic hydroxyl groups is 1. The molecule has 1 amide bonds. The van der Waals surface area contributed by atoms with Gasteiger partial charge in [0, 0.05) is 6.42 Å². The molecule has 0 aromatic carbocycles. The first-order chi connectivity index (χ1) is 20.0. The second kappa shape index (κ2) is 13.1. The molecule has 0 aromatic rings. The highest BCUT2D eigenvalue weighted by atomic mass is 16.5. The summed E-state index contributed by atoms with van der Waals surface area (Å²) >= 11 is 0. The van der Waals surface area contributed by atoms with Crippen molar-refractivity contribution in [2.45, 2.75) is 157 Å². The van der Waals surface area contributed by atoms with Crippen molar-refractivity contribution in [2.24, 2.45) is 58.0 Å². The third-order valence-electron chi connectivity index (χ3n) is 12.8. The Morgan fingerprint density at radius 3 is 2.37 bits per heavy atom. The number of rotatable bonds is 11. The Balaban J connectivity index is 1.39. The second-order valence-corrected chi connectivity index (χ2v) is 17.0. The number of carbonyl (C=O) groups is 2. The summed E-state index contributed by atoms with van der Waals surface area (Å²) in [4.78, 5) is 25.9. The first kappa shape index (κ1) is 34.5. The van der Waals surface area contributed by atoms with Gasteiger partial charge in [0.05, 0.1) is 11.6 Å². The normalized spacial score (nSPS) is 36.2. The number of esters is 1. The zero-order valence-electron chi connectivity index (χ0n) is 28.9. The van der Waals surface area contributed by atoms with Gasteiger partial charge in [0.15, 0.2) is 0 Å². The van der Waals surface area contributed by atoms with Crippen LogP contribution >= 0.6 is 0 Å². The molecule has 0 aromatic heterocycles. The van der Waals surface area contributed by atoms with Crippen LogP contribution in [0.5, 0.6) is 0 Å². The third-order valence-corrected chi connectivity index (χ3v) is 12.8. The maximum absolute atomic E-state index is 13.3. The fourth-order valence-electron chi connectivity index (χ4n) is 10.0. The topological polar surface area (TPSA) is 102 Å². The van der Waals surface area contributed by atoms with E-state index in [0.717, 1.165) is 56.3 Å². The molecule has 0 bridgehead atoms. The van der Waals surface area contributed by atoms with Gasteiger partial charge in [-0.25, -0.2) is 4.79 Å². The average Bonchev–Trinajstić information content (AvgIpc) is 3.27. The zero-order valence-corrected chi connectivity index (χ0v) is 28.9. The van der Waals surface area contributed by atoms with Crippen LogP contribution in [0.3, 0.4) is 0 Å². The van der Waals surface area contributed by atoms with E-state index in [1.807, 2.05) is 41.5 Å². The van der Waals surface area contributed by atoms with Crippen LogP contribution in [0.15, 0.2) is 11.6 Å². The molecule has 0 unspecified atom stereocenters. The lowest BCUT2D eigenvalue weighted by molar-refractivity contribution is -0.156. The van der Waals surface area contributed by atoms with Gasteiger partial charge < -0.3 is 20.9 Å². The van der Waals surface area contributed by atoms with Crippen LogP contribution in [0, 0.1) is 52.3 Å². The van der Waals surface area contributed by atoms with Crippen LogP contribution in [-0.2, 0) is 14.3 Å². The van der Waals surface area contributed by atoms with Crippen molar-refractivity contribution in [2.75, 3.05) is 0 Å². The molecule has 0 heterocycles. The molecule has 246 valence electrons. The number of fused-ring (bicyclic) bond motifs is 5. The lowest BCUT2D eigenvalue weighted by atomic mass is 9.47. The minimum absolute atomic E-state index is 0.00241. The zero-order chi connectivity index (χ0) is 31.9. The Morgan fingerprint density at radius 2 is 1.74 bits per heavy atom. The molecule has 4 N–H and O–H groups in total. The number of hydrogen-bond acceptors (Lipinski definition) is 5. The Morgan fingerprint density at radius 1 is 1.05 bits per heavy atom. The Bertz CT molecular complexity index is 1030. The molecule has 0 saturated heterocycles. The number of ether oxygens (including phenoxy) is 1. The average molecular weight is 601 g/mol. The maximum Gasteiger partial charge on any atom is 0.329 e. The SMILES string of the molecule is CC(C)[C@H](N)C(=O)N[C@@H](C(=O)O[C@H]1CC[C@@]2(C)C(=CC[C@H]3[C@@H]4CC[C@H]([C@H](C)CCCC(C)(C)O)[C@@]4(C)CC[C@@H]32)C1)C(C)C. The first-order valence-electron chi connectivity index (χ1n) is 17.7. The highest BCUT2D eigenvalue weighted by molar-refractivity contribution is 5.87. The van der Waals surface area contributed by atoms with E-state index in [1.165, 1.54) is 37.7 Å². The third kappa shape index (κ3) is 7.21. The van der Waals surface area contributed by atoms with Gasteiger partial charge in [0.1, 0.15) is 12.1 Å². The molecule has 43 heavy (non-hydrogen) atoms. The van der Waals surface area contributed by atoms with E-state index in [9.17, 15) is 14.7 Å². The fourth-order valence-corrected chi connectivity index (χ4v) is 10.0. The molecule has 4 aliphatic carbocycles. The quantitative estimate of drug-likeness (QED) is 0.172. The Labute approximate surface area is 262 Å². The molecule has 0 aliphatic heterocycles. The Hall–Kier alpha value is -1.40. The molecular weight excluding hydrogens is 536 g/mol. The molecule has 0 radical (unpaired) electrons. The van der Waals surface area contributed by atoms with Crippen LogP contribution in [0.1, 0.15) is 133 Å². The van der Waals surface area contributed by atoms with Crippen LogP contribution in [0.4, 0.5) is 0 Å². The van der Waals surface area contributed by atoms with Gasteiger partial charge in [-0.2, -0.15) is 0 Å². The molecule has 6 heteroatoms. The van der Waals surface area contributed by atoms with E-state index in [-0.39, 0.29) is 35.2 Å². The fraction of sp³-hybridized carbons (Fsp3) is 0.892. The second-order valence-electron chi connectivity index (χ2n) is 17.0. The van der Waals surface area contributed by atoms with Gasteiger partial charge in [-0.05, 0) is 117 Å². The summed E-state index contributed by atoms with van der Waals surface area (Å²) < 4.78 is 6.11. The monoisotopic (exact) mass is 600 g/mol. The summed E-state index contributed by atoms with van der Waals surface area (Å²) in [5.74, 6) is 3.08. The number of amides is 1. The number of allylic oxidation sites excluding steroid dienone is 1. The number of carbonyl (C=O) groups excluding carboxylic acids is 2. The molecule has 4 rings (SSSR count). The van der Waals surface area contributed by atoms with E-state index in [4.69, 9.17) is 10.5 Å². The summed E-state index contributed by atoms with van der Waals surface area (Å²) in [5, 5.41) is 13.1. The summed E-state index contributed by atoms with van der Waals surface area (Å²) in [6.07, 6.45) is 14.9. The highest BCUT2D eigenvalue weighted by Crippen LogP contribution is 2.67. The van der Waals surface area contributed by atoms with Crippen LogP contribution < -0.4 is 11.1 Å². The molecule has 0 spiro atoms. The van der Waals surface area contributed by atoms with Crippen molar-refractivity contribution in [3.05, 3.63) is 11.6 Å². The van der Waals surface area contributed by atoms with E-state index in [1.54, 1.807) is 0 Å². The smallest absolute Gasteiger partial charge is 0.329 e. The summed E-state index contributed by atoms with van der Waals surface area (Å²) in [5.41, 5.74) is 7.61. The minimum atomic E-state index is -0.681. The number of hydrogen-bond donors (Lipinski definition) is 3. The summed E-state index contributed by atoms with van der Waals surface area (Å²) in [6.45, 7) is 19.2. The van der Waals surface area contributed by atoms with E-state index in [2.05, 4.69) is 32.2 Å². The van der Waals surface area contributed by atoms with E-state index in [0.29, 0.717) is 17.3 Å². The summed E-state index contributed by atoms with van der Waals surface area (Å²) in [7, 11) is 0. The predicted molar refractivity (Wildman–Crippen MR) is 174 cm³/mol. The molecule has 4 aliphatic rings. The van der Waals surface area contributed by atoms with Gasteiger partial charge in [-0.15, -0.1) is 0 Å². The van der Waals surface area contributed by atoms with Gasteiger partial charge in [0.25, 0.3) is 0 Å². The van der Waals surface area contributed by atoms with Crippen molar-refractivity contribution in [3.8, 4) is 0 Å². The number of nitrogens with two attached hydrogens (primary N) is 1. The molecule has 3 saturated carbocycles. The van der Waals surface area contributed by atoms with Crippen molar-refractivity contribution in [1.82, 2.24) is 5.32 Å². The largest absolute Gasteiger partial charge is 0.461 e. The maximum atomic E-state index is 13.3. The minimum Gasteiger partial charge on any atom is -0.461 e. The van der Waals surface area contributed by atoms with Gasteiger partial charge >= 0.3 is 5.97 Å². The predicted octanol–water partition coefficient (Wildman–Crippen LogP) is 7.18. The Kier molecular flexibility index (Phi) is 10.5. The first-order valence-corrected chi connectivity index (χ1v) is 17.7. The molecule has 3 fully saturated rings. The van der Waals surface area contributed by atoms with Crippen molar-refractivity contribution in [1.29, 1.82) is 0 Å². The van der Waals surface area contributed by atoms with Crippen molar-refractivity contribution < 1.29 is 19.4 Å².